The Balaban J connectivity index is 0.870. The molecule has 12 aromatic rings. The van der Waals surface area contributed by atoms with Crippen molar-refractivity contribution < 1.29 is 0 Å². The second-order valence-electron chi connectivity index (χ2n) is 20.5. The molecule has 0 aromatic heterocycles. The molecule has 0 unspecified atom stereocenters. The van der Waals surface area contributed by atoms with Crippen molar-refractivity contribution in [1.29, 1.82) is 0 Å². The van der Waals surface area contributed by atoms with Crippen LogP contribution in [0.2, 0.25) is 0 Å². The van der Waals surface area contributed by atoms with Crippen molar-refractivity contribution in [3.8, 4) is 44.5 Å². The van der Waals surface area contributed by atoms with Gasteiger partial charge in [-0.1, -0.05) is 194 Å². The van der Waals surface area contributed by atoms with Gasteiger partial charge >= 0.3 is 0 Å². The van der Waals surface area contributed by atoms with Crippen molar-refractivity contribution in [3.05, 3.63) is 263 Å². The van der Waals surface area contributed by atoms with E-state index >= 15 is 0 Å². The smallest absolute Gasteiger partial charge is 0.0296 e. The highest BCUT2D eigenvalue weighted by Gasteiger charge is 2.48. The molecule has 2 spiro atoms. The average molecular weight is 861 g/mol. The van der Waals surface area contributed by atoms with Gasteiger partial charge in [0, 0.05) is 10.8 Å². The lowest BCUT2D eigenvalue weighted by atomic mass is 9.75. The van der Waals surface area contributed by atoms with Crippen LogP contribution in [0.3, 0.4) is 0 Å². The molecule has 0 amide bonds. The summed E-state index contributed by atoms with van der Waals surface area (Å²) in [5.41, 5.74) is 22.4. The Labute approximate surface area is 395 Å². The van der Waals surface area contributed by atoms with Crippen LogP contribution < -0.4 is 0 Å². The van der Waals surface area contributed by atoms with Crippen LogP contribution >= 0.6 is 0 Å². The van der Waals surface area contributed by atoms with Gasteiger partial charge in [0.05, 0.1) is 0 Å². The van der Waals surface area contributed by atoms with Gasteiger partial charge < -0.3 is 0 Å². The van der Waals surface area contributed by atoms with Crippen LogP contribution in [0.25, 0.3) is 98.4 Å². The highest BCUT2D eigenvalue weighted by Crippen LogP contribution is 2.58. The Kier molecular flexibility index (Phi) is 7.26. The number of hydrogen-bond acceptors (Lipinski definition) is 0. The highest BCUT2D eigenvalue weighted by atomic mass is 14.5. The third-order valence-corrected chi connectivity index (χ3v) is 17.1. The zero-order valence-electron chi connectivity index (χ0n) is 37.6. The largest absolute Gasteiger partial charge is 0.0619 e. The van der Waals surface area contributed by atoms with E-state index in [1.807, 2.05) is 0 Å². The summed E-state index contributed by atoms with van der Waals surface area (Å²) in [6.07, 6.45) is 4.08. The maximum atomic E-state index is 2.58. The molecule has 0 nitrogen and oxygen atoms in total. The first kappa shape index (κ1) is 37.1. The summed E-state index contributed by atoms with van der Waals surface area (Å²) in [5.74, 6) is 0. The van der Waals surface area contributed by atoms with Gasteiger partial charge in [0.25, 0.3) is 0 Å². The summed E-state index contributed by atoms with van der Waals surface area (Å²) in [6, 6.07) is 84.2. The summed E-state index contributed by atoms with van der Waals surface area (Å²) in [7, 11) is 0. The molecule has 0 radical (unpaired) electrons. The van der Waals surface area contributed by atoms with Gasteiger partial charge in [-0.3, -0.25) is 0 Å². The summed E-state index contributed by atoms with van der Waals surface area (Å²) < 4.78 is 0. The van der Waals surface area contributed by atoms with Crippen molar-refractivity contribution in [1.82, 2.24) is 0 Å². The van der Waals surface area contributed by atoms with Crippen LogP contribution in [0, 0.1) is 0 Å². The van der Waals surface area contributed by atoms with Crippen molar-refractivity contribution in [3.63, 3.8) is 0 Å². The molecule has 0 heterocycles. The van der Waals surface area contributed by atoms with E-state index in [0.29, 0.717) is 0 Å². The van der Waals surface area contributed by atoms with E-state index in [2.05, 4.69) is 218 Å². The van der Waals surface area contributed by atoms with E-state index in [4.69, 9.17) is 0 Å². The van der Waals surface area contributed by atoms with Gasteiger partial charge in [-0.15, -0.1) is 0 Å². The zero-order valence-corrected chi connectivity index (χ0v) is 37.6. The number of fused-ring (bicyclic) bond motifs is 19. The molecule has 0 atom stereocenters. The normalized spacial score (nSPS) is 15.4. The quantitative estimate of drug-likeness (QED) is 0.152. The lowest BCUT2D eigenvalue weighted by molar-refractivity contribution is 0.564. The summed E-state index contributed by atoms with van der Waals surface area (Å²) >= 11 is 0. The third-order valence-electron chi connectivity index (χ3n) is 17.1. The fourth-order valence-corrected chi connectivity index (χ4v) is 14.2. The maximum Gasteiger partial charge on any atom is 0.0296 e. The molecular weight excluding hydrogens is 817 g/mol. The Morgan fingerprint density at radius 3 is 0.941 bits per heavy atom. The fourth-order valence-electron chi connectivity index (χ4n) is 14.2. The SMILES string of the molecule is c1ccc2c(c1)-c1ccc(-c3cc4c5ccccc5c(-c5ccc6c(c5)C5(Cc7cc8ccccc8cc7C5)c5ccccc5-6)cc4c4ccccc34)cc1C21Cc2cc3ccccc3cc2C1. The number of benzene rings is 12. The monoisotopic (exact) mass is 860 g/mol. The lowest BCUT2D eigenvalue weighted by Crippen LogP contribution is -2.25. The van der Waals surface area contributed by atoms with Gasteiger partial charge in [0.1, 0.15) is 0 Å². The topological polar surface area (TPSA) is 0 Å². The predicted octanol–water partition coefficient (Wildman–Crippen LogP) is 16.9. The Hall–Kier alpha value is -8.06. The molecule has 4 aliphatic carbocycles. The number of hydrogen-bond donors (Lipinski definition) is 0. The molecule has 16 rings (SSSR count). The zero-order chi connectivity index (χ0) is 44.3. The minimum atomic E-state index is -0.0961. The van der Waals surface area contributed by atoms with E-state index in [9.17, 15) is 0 Å². The molecule has 0 aliphatic heterocycles. The maximum absolute atomic E-state index is 2.58. The van der Waals surface area contributed by atoms with Crippen LogP contribution in [0.1, 0.15) is 44.5 Å². The van der Waals surface area contributed by atoms with Crippen LogP contribution in [-0.2, 0) is 36.5 Å². The fraction of sp³-hybridized carbons (Fsp3) is 0.0882. The molecule has 68 heavy (non-hydrogen) atoms. The second-order valence-corrected chi connectivity index (χ2v) is 20.5. The van der Waals surface area contributed by atoms with Crippen molar-refractivity contribution in [2.45, 2.75) is 36.5 Å². The molecule has 0 N–H and O–H groups in total. The molecular formula is C68H44. The van der Waals surface area contributed by atoms with E-state index in [0.717, 1.165) is 25.7 Å². The molecule has 316 valence electrons. The minimum Gasteiger partial charge on any atom is -0.0619 e. The van der Waals surface area contributed by atoms with Crippen LogP contribution in [-0.4, -0.2) is 0 Å². The van der Waals surface area contributed by atoms with Gasteiger partial charge in [0.15, 0.2) is 0 Å². The summed E-state index contributed by atoms with van der Waals surface area (Å²) in [4.78, 5) is 0. The van der Waals surface area contributed by atoms with E-state index in [1.165, 1.54) is 143 Å². The van der Waals surface area contributed by atoms with Gasteiger partial charge in [-0.2, -0.15) is 0 Å². The van der Waals surface area contributed by atoms with Gasteiger partial charge in [0.2, 0.25) is 0 Å². The van der Waals surface area contributed by atoms with Gasteiger partial charge in [-0.25, -0.2) is 0 Å². The van der Waals surface area contributed by atoms with Crippen molar-refractivity contribution in [2.75, 3.05) is 0 Å². The van der Waals surface area contributed by atoms with Gasteiger partial charge in [-0.05, 0) is 193 Å². The Bertz CT molecular complexity index is 3860. The molecule has 0 fully saturated rings. The highest BCUT2D eigenvalue weighted by molar-refractivity contribution is 6.24. The molecule has 4 aliphatic rings. The number of rotatable bonds is 2. The van der Waals surface area contributed by atoms with Crippen molar-refractivity contribution >= 4 is 53.9 Å². The molecule has 0 saturated heterocycles. The lowest BCUT2D eigenvalue weighted by Gasteiger charge is -2.27. The van der Waals surface area contributed by atoms with Crippen molar-refractivity contribution in [2.24, 2.45) is 0 Å². The first-order valence-electron chi connectivity index (χ1n) is 24.5. The van der Waals surface area contributed by atoms with E-state index in [-0.39, 0.29) is 10.8 Å². The standard InChI is InChI=1S/C68H44/c1-2-14-42-30-48-38-67(37-47(48)29-41(42)13-1)63-23-11-9-21-55(63)57-27-25-45(33-65(57)67)59-35-61-54-20-8-6-18-52(54)60(36-62(61)53-19-7-5-17-51(53)59)46-26-28-58-56-22-10-12-24-64(56)68(66(58)34-46)39-49-31-43-15-3-4-16-44(43)32-50(49)40-68/h1-36H,37-40H2. The summed E-state index contributed by atoms with van der Waals surface area (Å²) in [6.45, 7) is 0. The Morgan fingerprint density at radius 2 is 0.544 bits per heavy atom. The van der Waals surface area contributed by atoms with Crippen LogP contribution in [0.5, 0.6) is 0 Å². The van der Waals surface area contributed by atoms with Crippen LogP contribution in [0.4, 0.5) is 0 Å². The van der Waals surface area contributed by atoms with E-state index < -0.39 is 0 Å². The average Bonchev–Trinajstić information content (AvgIpc) is 4.11. The first-order chi connectivity index (χ1) is 33.6. The minimum absolute atomic E-state index is 0.0961. The van der Waals surface area contributed by atoms with Crippen LogP contribution in [0.15, 0.2) is 218 Å². The first-order valence-corrected chi connectivity index (χ1v) is 24.5. The molecule has 0 saturated carbocycles. The molecule has 12 aromatic carbocycles. The Morgan fingerprint density at radius 1 is 0.221 bits per heavy atom. The second kappa shape index (κ2) is 13.3. The molecule has 0 bridgehead atoms. The predicted molar refractivity (Wildman–Crippen MR) is 285 cm³/mol. The molecule has 0 heteroatoms. The van der Waals surface area contributed by atoms with E-state index in [1.54, 1.807) is 0 Å². The summed E-state index contributed by atoms with van der Waals surface area (Å²) in [5, 5.41) is 13.1. The third kappa shape index (κ3) is 4.89.